The summed E-state index contributed by atoms with van der Waals surface area (Å²) >= 11 is 4.67. The Morgan fingerprint density at radius 2 is 1.68 bits per heavy atom. The average Bonchev–Trinajstić information content (AvgIpc) is 2.65. The highest BCUT2D eigenvalue weighted by Gasteiger charge is 2.35. The van der Waals surface area contributed by atoms with Gasteiger partial charge >= 0.3 is 0 Å². The molecule has 10 heteroatoms. The highest BCUT2D eigenvalue weighted by molar-refractivity contribution is 9.09. The monoisotopic (exact) mass is 461 g/mol. The van der Waals surface area contributed by atoms with E-state index in [0.29, 0.717) is 16.0 Å². The minimum Gasteiger partial charge on any atom is -0.507 e. The van der Waals surface area contributed by atoms with E-state index >= 15 is 0 Å². The van der Waals surface area contributed by atoms with Gasteiger partial charge in [0.25, 0.3) is 0 Å². The van der Waals surface area contributed by atoms with E-state index in [1.54, 1.807) is 24.3 Å². The number of guanidine groups is 2. The molecule has 0 aromatic heterocycles. The molecule has 0 saturated carbocycles. The molecule has 3 rings (SSSR count). The molecule has 28 heavy (non-hydrogen) atoms. The van der Waals surface area contributed by atoms with Crippen LogP contribution in [0, 0.1) is 0 Å². The Kier molecular flexibility index (Phi) is 5.71. The molecule has 8 nitrogen and oxygen atoms in total. The van der Waals surface area contributed by atoms with Gasteiger partial charge in [-0.15, -0.1) is 11.8 Å². The molecule has 0 atom stereocenters. The maximum atomic E-state index is 13.2. The molecule has 2 aromatic carbocycles. The smallest absolute Gasteiger partial charge is 0.223 e. The van der Waals surface area contributed by atoms with E-state index in [1.807, 2.05) is 0 Å². The number of fused-ring (bicyclic) bond motifs is 2. The third-order valence-corrected chi connectivity index (χ3v) is 5.87. The molecule has 0 unspecified atom stereocenters. The van der Waals surface area contributed by atoms with Crippen LogP contribution in [0.1, 0.15) is 31.8 Å². The van der Waals surface area contributed by atoms with Crippen molar-refractivity contribution in [2.45, 2.75) is 4.90 Å². The molecule has 0 spiro atoms. The Morgan fingerprint density at radius 1 is 1.07 bits per heavy atom. The van der Waals surface area contributed by atoms with Crippen LogP contribution in [-0.2, 0) is 0 Å². The van der Waals surface area contributed by atoms with Crippen LogP contribution in [0.2, 0.25) is 0 Å². The van der Waals surface area contributed by atoms with Crippen molar-refractivity contribution in [3.8, 4) is 5.75 Å². The van der Waals surface area contributed by atoms with Crippen molar-refractivity contribution in [2.75, 3.05) is 11.1 Å². The number of alkyl halides is 1. The molecule has 0 amide bonds. The summed E-state index contributed by atoms with van der Waals surface area (Å²) in [5.74, 6) is -1.13. The number of aliphatic imine (C=N–C) groups is 2. The van der Waals surface area contributed by atoms with Gasteiger partial charge in [-0.2, -0.15) is 4.99 Å². The summed E-state index contributed by atoms with van der Waals surface area (Å²) in [5, 5.41) is 11.2. The van der Waals surface area contributed by atoms with E-state index in [9.17, 15) is 14.7 Å². The van der Waals surface area contributed by atoms with Gasteiger partial charge in [-0.3, -0.25) is 9.59 Å². The van der Waals surface area contributed by atoms with Gasteiger partial charge in [0.1, 0.15) is 5.75 Å². The summed E-state index contributed by atoms with van der Waals surface area (Å²) in [6, 6.07) is 7.81. The summed E-state index contributed by atoms with van der Waals surface area (Å²) < 4.78 is 0. The minimum atomic E-state index is -0.461. The van der Waals surface area contributed by atoms with Crippen molar-refractivity contribution < 1.29 is 14.7 Å². The number of benzene rings is 2. The van der Waals surface area contributed by atoms with Gasteiger partial charge in [0.2, 0.25) is 5.96 Å². The maximum Gasteiger partial charge on any atom is 0.223 e. The Labute approximate surface area is 173 Å². The highest BCUT2D eigenvalue weighted by Crippen LogP contribution is 2.44. The number of phenolic OH excluding ortho intramolecular Hbond substituents is 1. The van der Waals surface area contributed by atoms with Crippen molar-refractivity contribution in [1.29, 1.82) is 0 Å². The van der Waals surface area contributed by atoms with Crippen LogP contribution in [0.15, 0.2) is 45.2 Å². The minimum absolute atomic E-state index is 0.0190. The molecular weight excluding hydrogens is 446 g/mol. The lowest BCUT2D eigenvalue weighted by Crippen LogP contribution is -2.26. The molecule has 0 radical (unpaired) electrons. The summed E-state index contributed by atoms with van der Waals surface area (Å²) in [7, 11) is 0. The fourth-order valence-electron chi connectivity index (χ4n) is 2.88. The van der Waals surface area contributed by atoms with Crippen LogP contribution in [-0.4, -0.2) is 39.7 Å². The average molecular weight is 462 g/mol. The van der Waals surface area contributed by atoms with E-state index in [4.69, 9.17) is 17.2 Å². The van der Waals surface area contributed by atoms with Crippen LogP contribution in [0.3, 0.4) is 0 Å². The molecule has 144 valence electrons. The number of phenols is 1. The standard InChI is InChI=1S/C18H16BrN5O3S/c19-5-6-28-11-7-10(25)12-13(14(11)23-18(22)24-17(20)21)16(27)9-4-2-1-3-8(9)15(12)26/h1-4,7,25H,5-6H2,(H6,20,21,22,23,24). The van der Waals surface area contributed by atoms with Crippen LogP contribution in [0.4, 0.5) is 5.69 Å². The van der Waals surface area contributed by atoms with Gasteiger partial charge in [-0.05, 0) is 6.07 Å². The van der Waals surface area contributed by atoms with Gasteiger partial charge < -0.3 is 22.3 Å². The molecule has 1 aliphatic carbocycles. The zero-order chi connectivity index (χ0) is 20.4. The number of hydrogen-bond donors (Lipinski definition) is 4. The van der Waals surface area contributed by atoms with E-state index < -0.39 is 11.6 Å². The Hall–Kier alpha value is -2.85. The predicted octanol–water partition coefficient (Wildman–Crippen LogP) is 1.87. The van der Waals surface area contributed by atoms with Crippen LogP contribution < -0.4 is 17.2 Å². The Bertz CT molecular complexity index is 1050. The first kappa shape index (κ1) is 19.9. The Balaban J connectivity index is 2.32. The van der Waals surface area contributed by atoms with E-state index in [0.717, 1.165) is 0 Å². The molecule has 1 aliphatic rings. The largest absolute Gasteiger partial charge is 0.507 e. The van der Waals surface area contributed by atoms with Crippen molar-refractivity contribution in [3.05, 3.63) is 52.6 Å². The topological polar surface area (TPSA) is 157 Å². The molecule has 0 aliphatic heterocycles. The van der Waals surface area contributed by atoms with Crippen molar-refractivity contribution in [3.63, 3.8) is 0 Å². The van der Waals surface area contributed by atoms with Crippen molar-refractivity contribution in [2.24, 2.45) is 27.2 Å². The number of hydrogen-bond acceptors (Lipinski definition) is 5. The molecule has 7 N–H and O–H groups in total. The number of thioether (sulfide) groups is 1. The lowest BCUT2D eigenvalue weighted by atomic mass is 9.82. The van der Waals surface area contributed by atoms with Crippen molar-refractivity contribution in [1.82, 2.24) is 0 Å². The van der Waals surface area contributed by atoms with Crippen LogP contribution in [0.25, 0.3) is 0 Å². The summed E-state index contributed by atoms with van der Waals surface area (Å²) in [6.07, 6.45) is 0. The number of carbonyl (C=O) groups is 2. The fraction of sp³-hybridized carbons (Fsp3) is 0.111. The second kappa shape index (κ2) is 8.03. The van der Waals surface area contributed by atoms with Crippen molar-refractivity contribution >= 4 is 56.9 Å². The molecule has 0 bridgehead atoms. The predicted molar refractivity (Wildman–Crippen MR) is 113 cm³/mol. The number of carbonyl (C=O) groups excluding carboxylic acids is 2. The Morgan fingerprint density at radius 3 is 2.25 bits per heavy atom. The number of nitrogens with zero attached hydrogens (tertiary/aromatic N) is 2. The zero-order valence-electron chi connectivity index (χ0n) is 14.5. The second-order valence-corrected chi connectivity index (χ2v) is 7.67. The van der Waals surface area contributed by atoms with Gasteiger partial charge in [-0.25, -0.2) is 4.99 Å². The summed E-state index contributed by atoms with van der Waals surface area (Å²) in [4.78, 5) is 34.5. The number of halogens is 1. The first-order valence-corrected chi connectivity index (χ1v) is 10.2. The molecule has 2 aromatic rings. The first-order valence-electron chi connectivity index (χ1n) is 8.06. The number of rotatable bonds is 4. The number of nitrogens with two attached hydrogens (primary N) is 3. The fourth-order valence-corrected chi connectivity index (χ4v) is 4.14. The third kappa shape index (κ3) is 3.60. The third-order valence-electron chi connectivity index (χ3n) is 3.92. The highest BCUT2D eigenvalue weighted by atomic mass is 79.9. The molecule has 0 heterocycles. The molecule has 0 saturated heterocycles. The lowest BCUT2D eigenvalue weighted by Gasteiger charge is -2.21. The second-order valence-electron chi connectivity index (χ2n) is 5.74. The maximum absolute atomic E-state index is 13.2. The van der Waals surface area contributed by atoms with E-state index in [-0.39, 0.29) is 45.6 Å². The van der Waals surface area contributed by atoms with E-state index in [2.05, 4.69) is 25.9 Å². The number of ketones is 2. The number of aromatic hydroxyl groups is 1. The summed E-state index contributed by atoms with van der Waals surface area (Å²) in [6.45, 7) is 0. The first-order chi connectivity index (χ1) is 13.3. The molecular formula is C18H16BrN5O3S. The van der Waals surface area contributed by atoms with Gasteiger partial charge in [0.05, 0.1) is 16.8 Å². The van der Waals surface area contributed by atoms with Gasteiger partial charge in [0, 0.05) is 27.1 Å². The SMILES string of the molecule is NC(N)=NC(N)=Nc1c(SCCBr)cc(O)c2c1C(=O)c1ccccc1C2=O. The lowest BCUT2D eigenvalue weighted by molar-refractivity contribution is 0.0977. The van der Waals surface area contributed by atoms with Crippen LogP contribution >= 0.6 is 27.7 Å². The van der Waals surface area contributed by atoms with Gasteiger partial charge in [-0.1, -0.05) is 40.2 Å². The molecule has 0 fully saturated rings. The van der Waals surface area contributed by atoms with Gasteiger partial charge in [0.15, 0.2) is 17.5 Å². The quantitative estimate of drug-likeness (QED) is 0.200. The van der Waals surface area contributed by atoms with Crippen LogP contribution in [0.5, 0.6) is 5.75 Å². The normalized spacial score (nSPS) is 13.1. The zero-order valence-corrected chi connectivity index (χ0v) is 16.9. The van der Waals surface area contributed by atoms with E-state index in [1.165, 1.54) is 17.8 Å². The summed E-state index contributed by atoms with van der Waals surface area (Å²) in [5.41, 5.74) is 16.9.